The molecule has 2 atom stereocenters. The summed E-state index contributed by atoms with van der Waals surface area (Å²) >= 11 is 0. The Hall–Kier alpha value is -0.130. The smallest absolute Gasteiger partial charge is 0.153 e. The maximum Gasteiger partial charge on any atom is 0.153 e. The summed E-state index contributed by atoms with van der Waals surface area (Å²) in [5.74, 6) is 0.272. The third-order valence-corrected chi connectivity index (χ3v) is 6.58. The topological polar surface area (TPSA) is 49.4 Å². The van der Waals surface area contributed by atoms with Gasteiger partial charge in [0.05, 0.1) is 11.0 Å². The van der Waals surface area contributed by atoms with Gasteiger partial charge in [0.25, 0.3) is 0 Å². The lowest BCUT2D eigenvalue weighted by Crippen LogP contribution is -2.46. The fourth-order valence-electron chi connectivity index (χ4n) is 3.11. The lowest BCUT2D eigenvalue weighted by atomic mass is 9.99. The predicted molar refractivity (Wildman–Crippen MR) is 74.5 cm³/mol. The van der Waals surface area contributed by atoms with Crippen LogP contribution in [0.5, 0.6) is 0 Å². The summed E-state index contributed by atoms with van der Waals surface area (Å²) in [6, 6.07) is 1.16. The minimum atomic E-state index is -2.90. The molecule has 0 saturated carbocycles. The van der Waals surface area contributed by atoms with Crippen LogP contribution < -0.4 is 5.32 Å². The summed E-state index contributed by atoms with van der Waals surface area (Å²) < 4.78 is 23.5. The Morgan fingerprint density at radius 1 is 1.22 bits per heavy atom. The zero-order valence-electron chi connectivity index (χ0n) is 11.6. The van der Waals surface area contributed by atoms with Crippen molar-refractivity contribution < 1.29 is 8.42 Å². The second kappa shape index (κ2) is 5.88. The molecule has 2 fully saturated rings. The Bertz CT molecular complexity index is 367. The van der Waals surface area contributed by atoms with Crippen molar-refractivity contribution in [1.82, 2.24) is 10.2 Å². The van der Waals surface area contributed by atoms with E-state index >= 15 is 0 Å². The van der Waals surface area contributed by atoms with Crippen molar-refractivity contribution in [3.8, 4) is 0 Å². The highest BCUT2D eigenvalue weighted by Crippen LogP contribution is 2.26. The van der Waals surface area contributed by atoms with E-state index in [2.05, 4.69) is 10.2 Å². The van der Waals surface area contributed by atoms with E-state index in [0.29, 0.717) is 18.6 Å². The van der Waals surface area contributed by atoms with Gasteiger partial charge in [-0.2, -0.15) is 0 Å². The molecule has 2 heterocycles. The highest BCUT2D eigenvalue weighted by Gasteiger charge is 2.35. The molecule has 4 nitrogen and oxygen atoms in total. The molecule has 2 aliphatic rings. The first-order valence-corrected chi connectivity index (χ1v) is 8.91. The quantitative estimate of drug-likeness (QED) is 0.813. The maximum absolute atomic E-state index is 11.7. The van der Waals surface area contributed by atoms with Gasteiger partial charge in [-0.1, -0.05) is 6.42 Å². The molecule has 2 rings (SSSR count). The molecule has 0 spiro atoms. The number of rotatable bonds is 5. The molecule has 0 aromatic carbocycles. The van der Waals surface area contributed by atoms with E-state index in [0.717, 1.165) is 0 Å². The summed E-state index contributed by atoms with van der Waals surface area (Å²) in [6.07, 6.45) is 5.09. The van der Waals surface area contributed by atoms with Crippen molar-refractivity contribution in [3.05, 3.63) is 0 Å². The number of piperidine rings is 1. The lowest BCUT2D eigenvalue weighted by molar-refractivity contribution is 0.181. The fourth-order valence-corrected chi connectivity index (χ4v) is 3.98. The Morgan fingerprint density at radius 3 is 2.72 bits per heavy atom. The minimum absolute atomic E-state index is 0.256. The largest absolute Gasteiger partial charge is 0.311 e. The molecule has 2 unspecified atom stereocenters. The third kappa shape index (κ3) is 3.25. The highest BCUT2D eigenvalue weighted by atomic mass is 32.2. The van der Waals surface area contributed by atoms with E-state index < -0.39 is 9.84 Å². The molecule has 0 amide bonds. The second-order valence-corrected chi connectivity index (χ2v) is 8.54. The van der Waals surface area contributed by atoms with Crippen LogP contribution >= 0.6 is 0 Å². The van der Waals surface area contributed by atoms with Gasteiger partial charge < -0.3 is 5.32 Å². The molecule has 0 aliphatic carbocycles. The van der Waals surface area contributed by atoms with E-state index in [1.165, 1.54) is 38.8 Å². The Kier molecular flexibility index (Phi) is 4.67. The summed E-state index contributed by atoms with van der Waals surface area (Å²) in [6.45, 7) is 6.53. The molecule has 2 aliphatic heterocycles. The van der Waals surface area contributed by atoms with E-state index in [-0.39, 0.29) is 11.0 Å². The number of hydrogen-bond acceptors (Lipinski definition) is 4. The van der Waals surface area contributed by atoms with Crippen LogP contribution in [0.2, 0.25) is 0 Å². The number of sulfone groups is 1. The predicted octanol–water partition coefficient (Wildman–Crippen LogP) is 1.03. The van der Waals surface area contributed by atoms with Crippen LogP contribution in [0.1, 0.15) is 39.5 Å². The molecule has 2 saturated heterocycles. The van der Waals surface area contributed by atoms with Crippen LogP contribution in [0.3, 0.4) is 0 Å². The van der Waals surface area contributed by atoms with Gasteiger partial charge in [-0.15, -0.1) is 0 Å². The van der Waals surface area contributed by atoms with Gasteiger partial charge in [-0.25, -0.2) is 8.42 Å². The Labute approximate surface area is 111 Å². The molecule has 106 valence electrons. The van der Waals surface area contributed by atoms with Gasteiger partial charge in [-0.3, -0.25) is 4.90 Å². The first-order valence-electron chi connectivity index (χ1n) is 7.20. The minimum Gasteiger partial charge on any atom is -0.311 e. The average Bonchev–Trinajstić information content (AvgIpc) is 2.72. The average molecular weight is 274 g/mol. The first kappa shape index (κ1) is 14.3. The molecular weight excluding hydrogens is 248 g/mol. The summed E-state index contributed by atoms with van der Waals surface area (Å²) in [5.41, 5.74) is 0. The van der Waals surface area contributed by atoms with Crippen LogP contribution in [0.25, 0.3) is 0 Å². The molecule has 5 heteroatoms. The van der Waals surface area contributed by atoms with E-state index in [4.69, 9.17) is 0 Å². The molecule has 18 heavy (non-hydrogen) atoms. The van der Waals surface area contributed by atoms with Crippen LogP contribution in [0.4, 0.5) is 0 Å². The van der Waals surface area contributed by atoms with Crippen molar-refractivity contribution in [2.24, 2.45) is 0 Å². The number of fused-ring (bicyclic) bond motifs is 1. The highest BCUT2D eigenvalue weighted by molar-refractivity contribution is 7.92. The zero-order valence-corrected chi connectivity index (χ0v) is 12.4. The Morgan fingerprint density at radius 2 is 2.00 bits per heavy atom. The molecule has 0 aromatic rings. The summed E-state index contributed by atoms with van der Waals surface area (Å²) in [7, 11) is -2.90. The molecular formula is C13H26N2O2S. The van der Waals surface area contributed by atoms with Crippen molar-refractivity contribution >= 4 is 9.84 Å². The van der Waals surface area contributed by atoms with Gasteiger partial charge >= 0.3 is 0 Å². The monoisotopic (exact) mass is 274 g/mol. The normalized spacial score (nSPS) is 29.7. The number of nitrogens with one attached hydrogen (secondary N) is 1. The number of nitrogens with zero attached hydrogens (tertiary/aromatic N) is 1. The van der Waals surface area contributed by atoms with Crippen molar-refractivity contribution in [1.29, 1.82) is 0 Å². The lowest BCUT2D eigenvalue weighted by Gasteiger charge is -2.32. The van der Waals surface area contributed by atoms with Gasteiger partial charge in [0, 0.05) is 25.2 Å². The molecule has 0 radical (unpaired) electrons. The zero-order chi connectivity index (χ0) is 13.2. The third-order valence-electron chi connectivity index (χ3n) is 4.37. The molecule has 0 bridgehead atoms. The molecule has 1 N–H and O–H groups in total. The Balaban J connectivity index is 1.77. The standard InChI is InChI=1S/C13H26N2O2S/c1-11(2)18(16,17)10-7-14-12-6-9-15-8-4-3-5-13(12)15/h11-14H,3-10H2,1-2H3. The van der Waals surface area contributed by atoms with E-state index in [9.17, 15) is 8.42 Å². The van der Waals surface area contributed by atoms with E-state index in [1.54, 1.807) is 13.8 Å². The van der Waals surface area contributed by atoms with Gasteiger partial charge in [0.2, 0.25) is 0 Å². The SMILES string of the molecule is CC(C)S(=O)(=O)CCNC1CCN2CCCCC12. The van der Waals surface area contributed by atoms with Crippen LogP contribution in [-0.2, 0) is 9.84 Å². The summed E-state index contributed by atoms with van der Waals surface area (Å²) in [4.78, 5) is 2.57. The second-order valence-electron chi connectivity index (χ2n) is 5.86. The maximum atomic E-state index is 11.7. The van der Waals surface area contributed by atoms with Crippen molar-refractivity contribution in [2.45, 2.75) is 56.9 Å². The van der Waals surface area contributed by atoms with Crippen LogP contribution in [0, 0.1) is 0 Å². The van der Waals surface area contributed by atoms with Gasteiger partial charge in [0.15, 0.2) is 9.84 Å². The first-order chi connectivity index (χ1) is 8.50. The van der Waals surface area contributed by atoms with Gasteiger partial charge in [-0.05, 0) is 39.7 Å². The fraction of sp³-hybridized carbons (Fsp3) is 1.00. The van der Waals surface area contributed by atoms with Crippen molar-refractivity contribution in [3.63, 3.8) is 0 Å². The molecule has 0 aromatic heterocycles. The van der Waals surface area contributed by atoms with Crippen molar-refractivity contribution in [2.75, 3.05) is 25.4 Å². The van der Waals surface area contributed by atoms with Crippen LogP contribution in [-0.4, -0.2) is 56.0 Å². The van der Waals surface area contributed by atoms with Gasteiger partial charge in [0.1, 0.15) is 0 Å². The number of hydrogen-bond donors (Lipinski definition) is 1. The van der Waals surface area contributed by atoms with E-state index in [1.807, 2.05) is 0 Å². The van der Waals surface area contributed by atoms with Crippen LogP contribution in [0.15, 0.2) is 0 Å². The summed E-state index contributed by atoms with van der Waals surface area (Å²) in [5, 5.41) is 3.22.